The van der Waals surface area contributed by atoms with Crippen molar-refractivity contribution in [1.82, 2.24) is 24.8 Å². The summed E-state index contributed by atoms with van der Waals surface area (Å²) in [6, 6.07) is 13.0. The highest BCUT2D eigenvalue weighted by molar-refractivity contribution is 5.98. The molecular weight excluding hydrogens is 976 g/mol. The number of carbonyl (C=O) groups is 1. The SMILES string of the molecule is COc1ccc(CN(Cc2ccc(OC)cc2)c2cc(-c3nc4c5c(nc(OC[C@@]67CCCN6CC6(CC6(F)F)C7)nc5c3F)N3C[C@H]5CC[C@@H]([C@H]3[C@H](C)O4)N5C(=O)OC(C)(C)C)c(C(F)(F)F)c(C)c2F)cc1. The fourth-order valence-corrected chi connectivity index (χ4v) is 12.6. The highest BCUT2D eigenvalue weighted by atomic mass is 19.4. The molecule has 394 valence electrons. The van der Waals surface area contributed by atoms with Crippen LogP contribution in [0.3, 0.4) is 0 Å². The van der Waals surface area contributed by atoms with Gasteiger partial charge in [0.05, 0.1) is 54.5 Å². The average Bonchev–Trinajstić information content (AvgIpc) is 3.60. The van der Waals surface area contributed by atoms with E-state index in [4.69, 9.17) is 28.7 Å². The van der Waals surface area contributed by atoms with Crippen molar-refractivity contribution in [2.75, 3.05) is 50.3 Å². The van der Waals surface area contributed by atoms with E-state index in [9.17, 15) is 13.6 Å². The number of benzene rings is 3. The van der Waals surface area contributed by atoms with Gasteiger partial charge in [0.25, 0.3) is 5.92 Å². The summed E-state index contributed by atoms with van der Waals surface area (Å²) in [7, 11) is 3.02. The van der Waals surface area contributed by atoms with Gasteiger partial charge < -0.3 is 33.5 Å². The molecule has 6 aliphatic rings. The second kappa shape index (κ2) is 17.7. The lowest BCUT2D eigenvalue weighted by molar-refractivity contribution is -0.137. The molecule has 1 saturated carbocycles. The van der Waals surface area contributed by atoms with E-state index in [1.165, 1.54) is 14.2 Å². The van der Waals surface area contributed by atoms with E-state index in [2.05, 4.69) is 9.97 Å². The number of alkyl halides is 5. The Morgan fingerprint density at radius 3 is 2.15 bits per heavy atom. The molecule has 0 radical (unpaired) electrons. The number of ether oxygens (including phenoxy) is 5. The maximum absolute atomic E-state index is 18.2. The van der Waals surface area contributed by atoms with Crippen LogP contribution in [0.1, 0.15) is 88.5 Å². The Morgan fingerprint density at radius 2 is 1.55 bits per heavy atom. The van der Waals surface area contributed by atoms with Crippen LogP contribution in [0.25, 0.3) is 22.2 Å². The van der Waals surface area contributed by atoms with Crippen LogP contribution in [0.4, 0.5) is 47.0 Å². The number of amides is 1. The molecule has 1 spiro atoms. The van der Waals surface area contributed by atoms with Gasteiger partial charge in [0.1, 0.15) is 58.0 Å². The second-order valence-electron chi connectivity index (χ2n) is 22.0. The van der Waals surface area contributed by atoms with Crippen LogP contribution in [0.5, 0.6) is 23.4 Å². The zero-order valence-electron chi connectivity index (χ0n) is 42.2. The number of carbonyl (C=O) groups excluding carboxylic acids is 1. The lowest BCUT2D eigenvalue weighted by atomic mass is 9.89. The lowest BCUT2D eigenvalue weighted by Gasteiger charge is -2.48. The molecule has 74 heavy (non-hydrogen) atoms. The monoisotopic (exact) mass is 1030 g/mol. The Hall–Kier alpha value is -6.31. The molecule has 20 heteroatoms. The van der Waals surface area contributed by atoms with Crippen molar-refractivity contribution < 1.29 is 59.2 Å². The Balaban J connectivity index is 1.07. The van der Waals surface area contributed by atoms with Gasteiger partial charge in [-0.3, -0.25) is 9.80 Å². The molecular formula is C54H58F7N7O6. The minimum atomic E-state index is -5.22. The summed E-state index contributed by atoms with van der Waals surface area (Å²) in [5, 5.41) is -0.0376. The molecule has 5 aromatic rings. The van der Waals surface area contributed by atoms with Crippen LogP contribution in [0, 0.1) is 24.0 Å². The number of fused-ring (bicyclic) bond motifs is 6. The first kappa shape index (κ1) is 49.9. The maximum Gasteiger partial charge on any atom is 0.417 e. The first-order chi connectivity index (χ1) is 35.0. The van der Waals surface area contributed by atoms with Gasteiger partial charge >= 0.3 is 18.3 Å². The van der Waals surface area contributed by atoms with Gasteiger partial charge in [0, 0.05) is 38.2 Å². The molecule has 11 rings (SSSR count). The summed E-state index contributed by atoms with van der Waals surface area (Å²) < 4.78 is 142. The van der Waals surface area contributed by atoms with Crippen LogP contribution < -0.4 is 28.7 Å². The van der Waals surface area contributed by atoms with Gasteiger partial charge in [-0.1, -0.05) is 24.3 Å². The molecule has 5 aliphatic heterocycles. The molecule has 2 aromatic heterocycles. The van der Waals surface area contributed by atoms with Gasteiger partial charge in [-0.25, -0.2) is 27.3 Å². The Labute approximate surface area is 423 Å². The number of hydrogen-bond acceptors (Lipinski definition) is 12. The number of rotatable bonds is 11. The maximum atomic E-state index is 18.2. The third-order valence-electron chi connectivity index (χ3n) is 16.1. The van der Waals surface area contributed by atoms with Crippen LogP contribution >= 0.6 is 0 Å². The summed E-state index contributed by atoms with van der Waals surface area (Å²) in [4.78, 5) is 35.2. The summed E-state index contributed by atoms with van der Waals surface area (Å²) >= 11 is 0. The number of aromatic nitrogens is 3. The average molecular weight is 1030 g/mol. The zero-order chi connectivity index (χ0) is 52.4. The Bertz CT molecular complexity index is 2980. The third-order valence-corrected chi connectivity index (χ3v) is 16.1. The molecule has 3 aromatic carbocycles. The van der Waals surface area contributed by atoms with Crippen LogP contribution in [-0.2, 0) is 24.0 Å². The normalized spacial score (nSPS) is 25.6. The van der Waals surface area contributed by atoms with Gasteiger partial charge in [-0.15, -0.1) is 0 Å². The molecule has 1 aliphatic carbocycles. The molecule has 1 unspecified atom stereocenters. The molecule has 2 bridgehead atoms. The number of methoxy groups -OCH3 is 2. The van der Waals surface area contributed by atoms with E-state index in [1.54, 1.807) is 86.0 Å². The van der Waals surface area contributed by atoms with Gasteiger partial charge in [-0.05, 0) is 120 Å². The highest BCUT2D eigenvalue weighted by Gasteiger charge is 2.77. The summed E-state index contributed by atoms with van der Waals surface area (Å²) in [6.45, 7) is 8.96. The van der Waals surface area contributed by atoms with Crippen molar-refractivity contribution in [3.05, 3.63) is 88.5 Å². The van der Waals surface area contributed by atoms with Gasteiger partial charge in [0.15, 0.2) is 5.82 Å². The van der Waals surface area contributed by atoms with Crippen molar-refractivity contribution in [3.63, 3.8) is 0 Å². The number of halogens is 7. The van der Waals surface area contributed by atoms with E-state index in [0.29, 0.717) is 48.4 Å². The molecule has 5 fully saturated rings. The lowest BCUT2D eigenvalue weighted by Crippen LogP contribution is -2.65. The smallest absolute Gasteiger partial charge is 0.417 e. The van der Waals surface area contributed by atoms with E-state index < -0.39 is 92.5 Å². The molecule has 6 atom stereocenters. The minimum Gasteiger partial charge on any atom is -0.497 e. The molecule has 4 saturated heterocycles. The van der Waals surface area contributed by atoms with Crippen molar-refractivity contribution in [2.45, 2.75) is 134 Å². The fraction of sp³-hybridized carbons (Fsp3) is 0.519. The third kappa shape index (κ3) is 8.42. The summed E-state index contributed by atoms with van der Waals surface area (Å²) in [6.07, 6.45) is -4.15. The first-order valence-electron chi connectivity index (χ1n) is 25.1. The minimum absolute atomic E-state index is 0.00531. The Kier molecular flexibility index (Phi) is 11.9. The standard InChI is InChI=1S/C54H58F7N7O6/c1-29-40(54(59,60)61)36(21-38(41(29)55)65(22-31-9-14-34(70-6)15-10-31)23-32-11-16-35(71-7)17-12-32)43-42(56)44-39-46(64-48(63-44)72-28-52-19-8-20-66(52)27-51(25-52)26-53(51,57)58)67-24-33-13-18-37(45(67)30(2)73-47(39)62-43)68(33)49(69)74-50(3,4)5/h9-12,14-17,21,30,33,37,45H,8,13,18-20,22-28H2,1-7H3/t30-,33+,37-,45+,51?,52-/m0/s1. The predicted octanol–water partition coefficient (Wildman–Crippen LogP) is 10.9. The summed E-state index contributed by atoms with van der Waals surface area (Å²) in [5.74, 6) is -4.29. The largest absolute Gasteiger partial charge is 0.497 e. The topological polar surface area (TPSA) is 115 Å². The highest BCUT2D eigenvalue weighted by Crippen LogP contribution is 2.69. The molecule has 7 heterocycles. The van der Waals surface area contributed by atoms with Gasteiger partial charge in [-0.2, -0.15) is 23.1 Å². The van der Waals surface area contributed by atoms with E-state index in [1.807, 2.05) is 9.80 Å². The molecule has 13 nitrogen and oxygen atoms in total. The van der Waals surface area contributed by atoms with Crippen LogP contribution in [-0.4, -0.2) is 113 Å². The number of hydrogen-bond donors (Lipinski definition) is 0. The van der Waals surface area contributed by atoms with Crippen LogP contribution in [0.2, 0.25) is 0 Å². The first-order valence-corrected chi connectivity index (χ1v) is 25.1. The van der Waals surface area contributed by atoms with E-state index in [-0.39, 0.29) is 80.5 Å². The fourth-order valence-electron chi connectivity index (χ4n) is 12.6. The Morgan fingerprint density at radius 1 is 0.905 bits per heavy atom. The number of piperazine rings is 1. The number of nitrogens with zero attached hydrogens (tertiary/aromatic N) is 7. The number of pyridine rings is 1. The predicted molar refractivity (Wildman–Crippen MR) is 260 cm³/mol. The van der Waals surface area contributed by atoms with Crippen LogP contribution in [0.15, 0.2) is 54.6 Å². The van der Waals surface area contributed by atoms with Crippen molar-refractivity contribution in [1.29, 1.82) is 0 Å². The quantitative estimate of drug-likeness (QED) is 0.117. The molecule has 1 amide bonds. The second-order valence-corrected chi connectivity index (χ2v) is 22.0. The van der Waals surface area contributed by atoms with E-state index >= 15 is 22.0 Å². The zero-order valence-corrected chi connectivity index (χ0v) is 42.2. The van der Waals surface area contributed by atoms with Crippen molar-refractivity contribution >= 4 is 28.5 Å². The van der Waals surface area contributed by atoms with Crippen molar-refractivity contribution in [2.24, 2.45) is 5.41 Å². The van der Waals surface area contributed by atoms with E-state index in [0.717, 1.165) is 19.4 Å². The number of anilines is 2. The summed E-state index contributed by atoms with van der Waals surface area (Å²) in [5.41, 5.74) is -5.97. The van der Waals surface area contributed by atoms with Gasteiger partial charge in [0.2, 0.25) is 5.88 Å². The molecule has 0 N–H and O–H groups in total. The van der Waals surface area contributed by atoms with Crippen molar-refractivity contribution in [3.8, 4) is 34.6 Å².